The van der Waals surface area contributed by atoms with Crippen LogP contribution >= 0.6 is 0 Å². The Morgan fingerprint density at radius 2 is 1.86 bits per heavy atom. The second kappa shape index (κ2) is 8.37. The molecule has 9 nitrogen and oxygen atoms in total. The first kappa shape index (κ1) is 21.3. The molecule has 1 atom stereocenters. The summed E-state index contributed by atoms with van der Waals surface area (Å²) in [6.07, 6.45) is -0.250. The van der Waals surface area contributed by atoms with Gasteiger partial charge in [-0.05, 0) is 24.8 Å². The van der Waals surface area contributed by atoms with Crippen LogP contribution in [-0.2, 0) is 11.3 Å². The van der Waals surface area contributed by atoms with E-state index < -0.39 is 29.2 Å². The summed E-state index contributed by atoms with van der Waals surface area (Å²) >= 11 is 0. The summed E-state index contributed by atoms with van der Waals surface area (Å²) in [5.41, 5.74) is -0.482. The molecule has 0 bridgehead atoms. The molecular weight excluding hydrogens is 364 g/mol. The van der Waals surface area contributed by atoms with Crippen molar-refractivity contribution in [1.82, 2.24) is 19.9 Å². The van der Waals surface area contributed by atoms with Gasteiger partial charge in [-0.1, -0.05) is 27.7 Å². The molecule has 0 aliphatic carbocycles. The number of H-pyrrole nitrogens is 1. The van der Waals surface area contributed by atoms with Crippen molar-refractivity contribution in [3.63, 3.8) is 0 Å². The van der Waals surface area contributed by atoms with E-state index in [0.29, 0.717) is 12.2 Å². The minimum absolute atomic E-state index is 0.0182. The first-order valence-corrected chi connectivity index (χ1v) is 9.21. The van der Waals surface area contributed by atoms with Crippen LogP contribution in [-0.4, -0.2) is 37.6 Å². The molecule has 1 amide bonds. The van der Waals surface area contributed by atoms with Crippen molar-refractivity contribution in [2.45, 2.75) is 59.5 Å². The largest absolute Gasteiger partial charge is 0.481 e. The summed E-state index contributed by atoms with van der Waals surface area (Å²) in [6.45, 7) is 9.53. The van der Waals surface area contributed by atoms with Crippen LogP contribution in [0.4, 0.5) is 0 Å². The monoisotopic (exact) mass is 390 g/mol. The zero-order chi connectivity index (χ0) is 21.2. The SMILES string of the molecule is CC(C)Cn1c(=O)[nH]c(=O)c2c(C(=O)NC(C)CC(=O)O)cc(C(C)C)nc21. The topological polar surface area (TPSA) is 134 Å². The number of nitrogens with zero attached hydrogens (tertiary/aromatic N) is 2. The van der Waals surface area contributed by atoms with E-state index in [1.807, 2.05) is 27.7 Å². The number of rotatable bonds is 7. The number of aliphatic carboxylic acids is 1. The Balaban J connectivity index is 2.74. The van der Waals surface area contributed by atoms with Crippen LogP contribution in [0.1, 0.15) is 63.0 Å². The fourth-order valence-corrected chi connectivity index (χ4v) is 2.92. The highest BCUT2D eigenvalue weighted by Crippen LogP contribution is 2.20. The van der Waals surface area contributed by atoms with E-state index in [4.69, 9.17) is 5.11 Å². The Morgan fingerprint density at radius 1 is 1.21 bits per heavy atom. The zero-order valence-electron chi connectivity index (χ0n) is 16.7. The van der Waals surface area contributed by atoms with E-state index in [1.165, 1.54) is 10.6 Å². The maximum atomic E-state index is 12.8. The number of carboxylic acid groups (broad SMARTS) is 1. The van der Waals surface area contributed by atoms with Gasteiger partial charge in [-0.25, -0.2) is 9.78 Å². The lowest BCUT2D eigenvalue weighted by molar-refractivity contribution is -0.137. The molecule has 0 aromatic carbocycles. The Labute approximate surface area is 161 Å². The van der Waals surface area contributed by atoms with E-state index in [-0.39, 0.29) is 34.9 Å². The van der Waals surface area contributed by atoms with Crippen molar-refractivity contribution < 1.29 is 14.7 Å². The van der Waals surface area contributed by atoms with Crippen molar-refractivity contribution in [2.75, 3.05) is 0 Å². The average Bonchev–Trinajstić information content (AvgIpc) is 2.56. The van der Waals surface area contributed by atoms with Gasteiger partial charge >= 0.3 is 11.7 Å². The van der Waals surface area contributed by atoms with Gasteiger partial charge in [-0.2, -0.15) is 0 Å². The molecule has 3 N–H and O–H groups in total. The highest BCUT2D eigenvalue weighted by atomic mass is 16.4. The second-order valence-corrected chi connectivity index (χ2v) is 7.68. The van der Waals surface area contributed by atoms with E-state index in [2.05, 4.69) is 15.3 Å². The van der Waals surface area contributed by atoms with E-state index in [1.54, 1.807) is 6.92 Å². The van der Waals surface area contributed by atoms with Gasteiger partial charge in [0.15, 0.2) is 5.65 Å². The van der Waals surface area contributed by atoms with Gasteiger partial charge in [0.2, 0.25) is 0 Å². The third kappa shape index (κ3) is 4.65. The van der Waals surface area contributed by atoms with Crippen molar-refractivity contribution >= 4 is 22.9 Å². The molecule has 152 valence electrons. The quantitative estimate of drug-likeness (QED) is 0.655. The molecule has 0 spiro atoms. The van der Waals surface area contributed by atoms with E-state index in [9.17, 15) is 19.2 Å². The Morgan fingerprint density at radius 3 is 2.39 bits per heavy atom. The van der Waals surface area contributed by atoms with Crippen LogP contribution in [0.15, 0.2) is 15.7 Å². The smallest absolute Gasteiger partial charge is 0.330 e. The number of fused-ring (bicyclic) bond motifs is 1. The first-order valence-electron chi connectivity index (χ1n) is 9.21. The predicted molar refractivity (Wildman–Crippen MR) is 105 cm³/mol. The number of amides is 1. The highest BCUT2D eigenvalue weighted by Gasteiger charge is 2.22. The molecule has 1 unspecified atom stereocenters. The number of carbonyl (C=O) groups is 2. The Hall–Kier alpha value is -2.97. The van der Waals surface area contributed by atoms with Gasteiger partial charge in [0.1, 0.15) is 0 Å². The van der Waals surface area contributed by atoms with Crippen LogP contribution in [0.5, 0.6) is 0 Å². The van der Waals surface area contributed by atoms with Crippen molar-refractivity contribution in [2.24, 2.45) is 5.92 Å². The molecule has 0 aliphatic rings. The van der Waals surface area contributed by atoms with Gasteiger partial charge < -0.3 is 10.4 Å². The van der Waals surface area contributed by atoms with Gasteiger partial charge in [-0.3, -0.25) is 23.9 Å². The molecular formula is C19H26N4O5. The van der Waals surface area contributed by atoms with Crippen LogP contribution in [0, 0.1) is 5.92 Å². The predicted octanol–water partition coefficient (Wildman–Crippen LogP) is 1.46. The molecule has 0 aliphatic heterocycles. The summed E-state index contributed by atoms with van der Waals surface area (Å²) < 4.78 is 1.37. The number of aromatic nitrogens is 3. The van der Waals surface area contributed by atoms with Crippen molar-refractivity contribution in [3.05, 3.63) is 38.2 Å². The summed E-state index contributed by atoms with van der Waals surface area (Å²) in [7, 11) is 0. The fourth-order valence-electron chi connectivity index (χ4n) is 2.92. The Bertz CT molecular complexity index is 1020. The lowest BCUT2D eigenvalue weighted by Gasteiger charge is -2.17. The molecule has 2 aromatic heterocycles. The standard InChI is InChI=1S/C19H26N4O5/c1-9(2)8-23-16-15(18(27)22-19(23)28)12(7-13(21-16)10(3)4)17(26)20-11(5)6-14(24)25/h7,9-11H,6,8H2,1-5H3,(H,20,26)(H,24,25)(H,22,27,28). The van der Waals surface area contributed by atoms with Crippen LogP contribution < -0.4 is 16.6 Å². The molecule has 0 radical (unpaired) electrons. The summed E-state index contributed by atoms with van der Waals surface area (Å²) in [4.78, 5) is 55.3. The Kier molecular flexibility index (Phi) is 6.37. The molecule has 9 heteroatoms. The van der Waals surface area contributed by atoms with Crippen LogP contribution in [0.2, 0.25) is 0 Å². The second-order valence-electron chi connectivity index (χ2n) is 7.68. The van der Waals surface area contributed by atoms with Gasteiger partial charge in [-0.15, -0.1) is 0 Å². The number of hydrogen-bond acceptors (Lipinski definition) is 5. The van der Waals surface area contributed by atoms with Gasteiger partial charge in [0, 0.05) is 18.3 Å². The minimum atomic E-state index is -1.04. The number of pyridine rings is 1. The van der Waals surface area contributed by atoms with Gasteiger partial charge in [0.25, 0.3) is 11.5 Å². The number of aromatic amines is 1. The summed E-state index contributed by atoms with van der Waals surface area (Å²) in [6, 6.07) is 0.895. The van der Waals surface area contributed by atoms with Crippen molar-refractivity contribution in [1.29, 1.82) is 0 Å². The third-order valence-corrected chi connectivity index (χ3v) is 4.21. The minimum Gasteiger partial charge on any atom is -0.481 e. The number of hydrogen-bond donors (Lipinski definition) is 3. The number of nitrogens with one attached hydrogen (secondary N) is 2. The van der Waals surface area contributed by atoms with Crippen LogP contribution in [0.25, 0.3) is 11.0 Å². The number of carbonyl (C=O) groups excluding carboxylic acids is 1. The first-order chi connectivity index (χ1) is 13.0. The van der Waals surface area contributed by atoms with E-state index >= 15 is 0 Å². The lowest BCUT2D eigenvalue weighted by atomic mass is 10.0. The van der Waals surface area contributed by atoms with Crippen molar-refractivity contribution in [3.8, 4) is 0 Å². The molecule has 0 fully saturated rings. The highest BCUT2D eigenvalue weighted by molar-refractivity contribution is 6.05. The van der Waals surface area contributed by atoms with E-state index in [0.717, 1.165) is 0 Å². The summed E-state index contributed by atoms with van der Waals surface area (Å²) in [5, 5.41) is 11.5. The molecule has 28 heavy (non-hydrogen) atoms. The molecule has 2 rings (SSSR count). The van der Waals surface area contributed by atoms with Crippen LogP contribution in [0.3, 0.4) is 0 Å². The normalized spacial score (nSPS) is 12.5. The fraction of sp³-hybridized carbons (Fsp3) is 0.526. The lowest BCUT2D eigenvalue weighted by Crippen LogP contribution is -2.37. The number of carboxylic acids is 1. The summed E-state index contributed by atoms with van der Waals surface area (Å²) in [5.74, 6) is -1.55. The maximum Gasteiger partial charge on any atom is 0.330 e. The molecule has 0 saturated carbocycles. The third-order valence-electron chi connectivity index (χ3n) is 4.21. The molecule has 0 saturated heterocycles. The van der Waals surface area contributed by atoms with Gasteiger partial charge in [0.05, 0.1) is 17.4 Å². The zero-order valence-corrected chi connectivity index (χ0v) is 16.7. The molecule has 2 heterocycles. The maximum absolute atomic E-state index is 12.8. The average molecular weight is 390 g/mol. The molecule has 2 aromatic rings.